The lowest BCUT2D eigenvalue weighted by molar-refractivity contribution is 0.0370. The standard InChI is InChI=1S/C25H26N2O2S/c1-17-7-13-21(14-8-17)30(28,29)27-23-15-26-16-24(27)25(23)20-11-9-19(10-12-20)22-6-4-3-5-18(22)2/h3-14,23-26H,15-16H2,1-2H3/t23-,24+,25?. The lowest BCUT2D eigenvalue weighted by Crippen LogP contribution is -2.73. The first-order chi connectivity index (χ1) is 14.5. The molecular weight excluding hydrogens is 392 g/mol. The fourth-order valence-electron chi connectivity index (χ4n) is 4.94. The largest absolute Gasteiger partial charge is 0.313 e. The lowest BCUT2D eigenvalue weighted by Gasteiger charge is -2.57. The predicted octanol–water partition coefficient (Wildman–Crippen LogP) is 4.10. The topological polar surface area (TPSA) is 49.4 Å². The summed E-state index contributed by atoms with van der Waals surface area (Å²) in [6.45, 7) is 5.46. The molecule has 2 aliphatic heterocycles. The van der Waals surface area contributed by atoms with E-state index < -0.39 is 10.0 Å². The fraction of sp³-hybridized carbons (Fsp3) is 0.280. The molecule has 154 valence electrons. The molecule has 30 heavy (non-hydrogen) atoms. The van der Waals surface area contributed by atoms with Gasteiger partial charge in [-0.15, -0.1) is 0 Å². The third-order valence-electron chi connectivity index (χ3n) is 6.54. The van der Waals surface area contributed by atoms with E-state index in [1.54, 1.807) is 16.4 Å². The van der Waals surface area contributed by atoms with Crippen molar-refractivity contribution in [2.24, 2.45) is 0 Å². The number of benzene rings is 3. The van der Waals surface area contributed by atoms with Gasteiger partial charge < -0.3 is 5.32 Å². The van der Waals surface area contributed by atoms with Gasteiger partial charge in [0.25, 0.3) is 0 Å². The van der Waals surface area contributed by atoms with E-state index >= 15 is 0 Å². The zero-order valence-electron chi connectivity index (χ0n) is 17.2. The highest BCUT2D eigenvalue weighted by molar-refractivity contribution is 7.89. The molecule has 0 aromatic heterocycles. The van der Waals surface area contributed by atoms with Gasteiger partial charge in [0, 0.05) is 31.1 Å². The number of fused-ring (bicyclic) bond motifs is 2. The molecule has 5 rings (SSSR count). The summed E-state index contributed by atoms with van der Waals surface area (Å²) in [5.41, 5.74) is 5.97. The van der Waals surface area contributed by atoms with Crippen LogP contribution < -0.4 is 5.32 Å². The number of nitrogens with zero attached hydrogens (tertiary/aromatic N) is 1. The first-order valence-corrected chi connectivity index (χ1v) is 11.9. The zero-order valence-corrected chi connectivity index (χ0v) is 18.1. The molecule has 3 aromatic rings. The highest BCUT2D eigenvalue weighted by Gasteiger charge is 2.56. The van der Waals surface area contributed by atoms with Gasteiger partial charge in [0.2, 0.25) is 10.0 Å². The van der Waals surface area contributed by atoms with E-state index in [2.05, 4.69) is 60.8 Å². The van der Waals surface area contributed by atoms with Gasteiger partial charge in [-0.05, 0) is 48.2 Å². The van der Waals surface area contributed by atoms with Crippen LogP contribution in [0.4, 0.5) is 0 Å². The monoisotopic (exact) mass is 418 g/mol. The Hall–Kier alpha value is -2.47. The van der Waals surface area contributed by atoms with Crippen molar-refractivity contribution in [2.45, 2.75) is 36.7 Å². The molecule has 3 atom stereocenters. The van der Waals surface area contributed by atoms with Crippen molar-refractivity contribution in [3.05, 3.63) is 89.5 Å². The van der Waals surface area contributed by atoms with Crippen molar-refractivity contribution < 1.29 is 8.42 Å². The number of nitrogens with one attached hydrogen (secondary N) is 1. The Labute approximate surface area is 178 Å². The first kappa shape index (κ1) is 19.5. The fourth-order valence-corrected chi connectivity index (χ4v) is 6.79. The zero-order chi connectivity index (χ0) is 20.9. The quantitative estimate of drug-likeness (QED) is 0.694. The molecule has 4 nitrogen and oxygen atoms in total. The van der Waals surface area contributed by atoms with Crippen LogP contribution >= 0.6 is 0 Å². The Balaban J connectivity index is 1.42. The molecule has 0 amide bonds. The molecule has 1 N–H and O–H groups in total. The van der Waals surface area contributed by atoms with E-state index in [4.69, 9.17) is 0 Å². The number of aryl methyl sites for hydroxylation is 2. The van der Waals surface area contributed by atoms with Gasteiger partial charge in [0.05, 0.1) is 4.90 Å². The Bertz CT molecular complexity index is 1160. The van der Waals surface area contributed by atoms with E-state index in [1.165, 1.54) is 22.3 Å². The number of rotatable bonds is 4. The van der Waals surface area contributed by atoms with Gasteiger partial charge in [-0.3, -0.25) is 0 Å². The number of sulfonamides is 1. The molecule has 0 saturated carbocycles. The molecule has 2 bridgehead atoms. The SMILES string of the molecule is Cc1ccc(S(=O)(=O)N2[C@@H]3CNC[C@H]2C3c2ccc(-c3ccccc3C)cc2)cc1. The van der Waals surface area contributed by atoms with Gasteiger partial charge in [-0.2, -0.15) is 4.31 Å². The number of hydrogen-bond donors (Lipinski definition) is 1. The van der Waals surface area contributed by atoms with Gasteiger partial charge in [-0.1, -0.05) is 66.2 Å². The minimum Gasteiger partial charge on any atom is -0.313 e. The Morgan fingerprint density at radius 1 is 0.833 bits per heavy atom. The number of piperidine rings is 1. The van der Waals surface area contributed by atoms with Crippen LogP contribution in [0.15, 0.2) is 77.7 Å². The van der Waals surface area contributed by atoms with Crippen LogP contribution in [0.1, 0.15) is 22.6 Å². The Morgan fingerprint density at radius 3 is 2.10 bits per heavy atom. The maximum absolute atomic E-state index is 13.3. The Morgan fingerprint density at radius 2 is 1.47 bits per heavy atom. The van der Waals surface area contributed by atoms with Crippen LogP contribution in [-0.2, 0) is 10.0 Å². The van der Waals surface area contributed by atoms with E-state index in [0.29, 0.717) is 18.0 Å². The van der Waals surface area contributed by atoms with Crippen LogP contribution in [0.5, 0.6) is 0 Å². The molecule has 5 heteroatoms. The summed E-state index contributed by atoms with van der Waals surface area (Å²) in [4.78, 5) is 0.387. The summed E-state index contributed by atoms with van der Waals surface area (Å²) in [7, 11) is -3.48. The van der Waals surface area contributed by atoms with Crippen molar-refractivity contribution in [2.75, 3.05) is 13.1 Å². The predicted molar refractivity (Wildman–Crippen MR) is 120 cm³/mol. The summed E-state index contributed by atoms with van der Waals surface area (Å²) >= 11 is 0. The summed E-state index contributed by atoms with van der Waals surface area (Å²) in [6.07, 6.45) is 0. The molecule has 2 saturated heterocycles. The van der Waals surface area contributed by atoms with Crippen LogP contribution in [0.25, 0.3) is 11.1 Å². The maximum Gasteiger partial charge on any atom is 0.243 e. The van der Waals surface area contributed by atoms with Gasteiger partial charge >= 0.3 is 0 Å². The van der Waals surface area contributed by atoms with Crippen LogP contribution in [0, 0.1) is 13.8 Å². The normalized spacial score (nSPS) is 23.7. The third-order valence-corrected chi connectivity index (χ3v) is 8.50. The summed E-state index contributed by atoms with van der Waals surface area (Å²) in [6, 6.07) is 24.1. The van der Waals surface area contributed by atoms with E-state index in [1.807, 2.05) is 19.1 Å². The smallest absolute Gasteiger partial charge is 0.243 e. The van der Waals surface area contributed by atoms with Crippen LogP contribution in [-0.4, -0.2) is 37.9 Å². The summed E-state index contributed by atoms with van der Waals surface area (Å²) < 4.78 is 28.3. The van der Waals surface area contributed by atoms with E-state index in [-0.39, 0.29) is 18.0 Å². The first-order valence-electron chi connectivity index (χ1n) is 10.4. The minimum absolute atomic E-state index is 0.0423. The molecule has 2 heterocycles. The van der Waals surface area contributed by atoms with Crippen LogP contribution in [0.2, 0.25) is 0 Å². The van der Waals surface area contributed by atoms with Crippen molar-refractivity contribution >= 4 is 10.0 Å². The average molecular weight is 419 g/mol. The molecule has 1 unspecified atom stereocenters. The number of piperazine rings is 1. The molecule has 0 radical (unpaired) electrons. The van der Waals surface area contributed by atoms with Crippen molar-refractivity contribution in [3.63, 3.8) is 0 Å². The molecule has 0 aliphatic carbocycles. The van der Waals surface area contributed by atoms with E-state index in [0.717, 1.165) is 5.56 Å². The molecule has 2 fully saturated rings. The molecular formula is C25H26N2O2S. The molecule has 0 spiro atoms. The van der Waals surface area contributed by atoms with Gasteiger partial charge in [-0.25, -0.2) is 8.42 Å². The second kappa shape index (κ2) is 7.34. The lowest BCUT2D eigenvalue weighted by atomic mass is 9.74. The second-order valence-corrected chi connectivity index (χ2v) is 10.2. The molecule has 3 aromatic carbocycles. The second-order valence-electron chi connectivity index (χ2n) is 8.40. The van der Waals surface area contributed by atoms with Gasteiger partial charge in [0.1, 0.15) is 0 Å². The van der Waals surface area contributed by atoms with Crippen molar-refractivity contribution in [1.82, 2.24) is 9.62 Å². The number of hydrogen-bond acceptors (Lipinski definition) is 3. The van der Waals surface area contributed by atoms with Crippen LogP contribution in [0.3, 0.4) is 0 Å². The van der Waals surface area contributed by atoms with E-state index in [9.17, 15) is 8.42 Å². The summed E-state index contributed by atoms with van der Waals surface area (Å²) in [5.74, 6) is 0.234. The minimum atomic E-state index is -3.48. The Kier molecular flexibility index (Phi) is 4.77. The highest BCUT2D eigenvalue weighted by atomic mass is 32.2. The van der Waals surface area contributed by atoms with Crippen molar-refractivity contribution in [3.8, 4) is 11.1 Å². The summed E-state index contributed by atoms with van der Waals surface area (Å²) in [5, 5.41) is 3.39. The average Bonchev–Trinajstić information content (AvgIpc) is 2.75. The molecule has 2 aliphatic rings. The van der Waals surface area contributed by atoms with Gasteiger partial charge in [0.15, 0.2) is 0 Å². The highest BCUT2D eigenvalue weighted by Crippen LogP contribution is 2.46. The third kappa shape index (κ3) is 3.09. The maximum atomic E-state index is 13.3. The van der Waals surface area contributed by atoms with Crippen molar-refractivity contribution in [1.29, 1.82) is 0 Å².